The molecule has 1 fully saturated rings. The third-order valence-corrected chi connectivity index (χ3v) is 3.78. The molecule has 0 aliphatic carbocycles. The number of halogens is 2. The van der Waals surface area contributed by atoms with Crippen LogP contribution in [0.2, 0.25) is 0 Å². The van der Waals surface area contributed by atoms with Gasteiger partial charge in [-0.25, -0.2) is 0 Å². The van der Waals surface area contributed by atoms with Gasteiger partial charge in [-0.2, -0.15) is 0 Å². The van der Waals surface area contributed by atoms with Crippen molar-refractivity contribution in [2.45, 2.75) is 12.6 Å². The number of ether oxygens (including phenoxy) is 1. The summed E-state index contributed by atoms with van der Waals surface area (Å²) >= 11 is 0. The summed E-state index contributed by atoms with van der Waals surface area (Å²) in [5.41, 5.74) is 1.38. The molecule has 1 heterocycles. The summed E-state index contributed by atoms with van der Waals surface area (Å²) in [6, 6.07) is 21.1. The highest BCUT2D eigenvalue weighted by atomic mass is 35.5. The predicted molar refractivity (Wildman–Crippen MR) is 99.9 cm³/mol. The quantitative estimate of drug-likeness (QED) is 0.890. The molecule has 2 aromatic rings. The van der Waals surface area contributed by atoms with E-state index in [9.17, 15) is 0 Å². The van der Waals surface area contributed by atoms with Gasteiger partial charge < -0.3 is 10.1 Å². The minimum Gasteiger partial charge on any atom is -0.492 e. The molecule has 1 N–H and O–H groups in total. The van der Waals surface area contributed by atoms with E-state index in [1.165, 1.54) is 5.56 Å². The summed E-state index contributed by atoms with van der Waals surface area (Å²) in [6.45, 7) is 4.88. The Labute approximate surface area is 150 Å². The summed E-state index contributed by atoms with van der Waals surface area (Å²) in [5.74, 6) is 0.944. The summed E-state index contributed by atoms with van der Waals surface area (Å²) in [6.07, 6.45) is 0. The Hall–Kier alpha value is -1.26. The van der Waals surface area contributed by atoms with Gasteiger partial charge in [0, 0.05) is 26.2 Å². The summed E-state index contributed by atoms with van der Waals surface area (Å²) in [4.78, 5) is 2.49. The highest BCUT2D eigenvalue weighted by molar-refractivity contribution is 5.85. The van der Waals surface area contributed by atoms with Crippen LogP contribution in [0.5, 0.6) is 5.75 Å². The zero-order valence-electron chi connectivity index (χ0n) is 13.1. The average Bonchev–Trinajstić information content (AvgIpc) is 2.55. The first-order chi connectivity index (χ1) is 10.4. The molecule has 2 aromatic carbocycles. The molecular weight excluding hydrogens is 331 g/mol. The van der Waals surface area contributed by atoms with E-state index in [0.717, 1.165) is 38.5 Å². The fourth-order valence-corrected chi connectivity index (χ4v) is 2.70. The predicted octanol–water partition coefficient (Wildman–Crippen LogP) is 3.38. The topological polar surface area (TPSA) is 24.5 Å². The Bertz CT molecular complexity index is 539. The van der Waals surface area contributed by atoms with E-state index in [2.05, 4.69) is 40.5 Å². The molecule has 1 atom stereocenters. The molecule has 0 saturated carbocycles. The zero-order valence-corrected chi connectivity index (χ0v) is 14.7. The van der Waals surface area contributed by atoms with E-state index < -0.39 is 0 Å². The van der Waals surface area contributed by atoms with Gasteiger partial charge in [0.1, 0.15) is 12.4 Å². The van der Waals surface area contributed by atoms with Crippen LogP contribution < -0.4 is 10.1 Å². The maximum atomic E-state index is 5.85. The van der Waals surface area contributed by atoms with Crippen LogP contribution in [0.25, 0.3) is 0 Å². The number of hydrogen-bond donors (Lipinski definition) is 1. The van der Waals surface area contributed by atoms with Gasteiger partial charge in [0.05, 0.1) is 6.04 Å². The van der Waals surface area contributed by atoms with Crippen molar-refractivity contribution in [3.63, 3.8) is 0 Å². The van der Waals surface area contributed by atoms with Crippen LogP contribution in [0.3, 0.4) is 0 Å². The van der Waals surface area contributed by atoms with Crippen LogP contribution >= 0.6 is 24.8 Å². The number of rotatable bonds is 5. The van der Waals surface area contributed by atoms with E-state index in [4.69, 9.17) is 4.74 Å². The Morgan fingerprint density at radius 3 is 2.30 bits per heavy atom. The molecular formula is C18H24Cl2N2O. The van der Waals surface area contributed by atoms with E-state index in [1.807, 2.05) is 30.3 Å². The Morgan fingerprint density at radius 2 is 1.61 bits per heavy atom. The second-order valence-corrected chi connectivity index (χ2v) is 5.50. The fourth-order valence-electron chi connectivity index (χ4n) is 2.70. The number of benzene rings is 2. The Balaban J connectivity index is 0.00000132. The highest BCUT2D eigenvalue weighted by Gasteiger charge is 2.19. The number of hydrogen-bond acceptors (Lipinski definition) is 3. The summed E-state index contributed by atoms with van der Waals surface area (Å²) in [5, 5.41) is 3.54. The average molecular weight is 355 g/mol. The molecule has 0 aromatic heterocycles. The zero-order chi connectivity index (χ0) is 14.3. The van der Waals surface area contributed by atoms with Gasteiger partial charge in [-0.3, -0.25) is 4.90 Å². The van der Waals surface area contributed by atoms with Crippen LogP contribution in [0.4, 0.5) is 0 Å². The number of para-hydroxylation sites is 1. The minimum absolute atomic E-state index is 0. The van der Waals surface area contributed by atoms with E-state index in [-0.39, 0.29) is 24.8 Å². The smallest absolute Gasteiger partial charge is 0.119 e. The normalized spacial score (nSPS) is 17.7. The molecule has 0 radical (unpaired) electrons. The molecule has 0 bridgehead atoms. The molecule has 1 unspecified atom stereocenters. The van der Waals surface area contributed by atoms with Gasteiger partial charge in [-0.1, -0.05) is 48.5 Å². The van der Waals surface area contributed by atoms with Gasteiger partial charge in [0.2, 0.25) is 0 Å². The van der Waals surface area contributed by atoms with E-state index in [1.54, 1.807) is 0 Å². The molecule has 0 spiro atoms. The van der Waals surface area contributed by atoms with Gasteiger partial charge in [0.25, 0.3) is 0 Å². The Kier molecular flexibility index (Phi) is 9.03. The van der Waals surface area contributed by atoms with Crippen LogP contribution in [0.15, 0.2) is 60.7 Å². The maximum Gasteiger partial charge on any atom is 0.119 e. The lowest BCUT2D eigenvalue weighted by molar-refractivity contribution is 0.152. The molecule has 3 nitrogen and oxygen atoms in total. The second kappa shape index (κ2) is 10.5. The first-order valence-corrected chi connectivity index (χ1v) is 7.58. The number of nitrogens with zero attached hydrogens (tertiary/aromatic N) is 1. The molecule has 1 aliphatic rings. The molecule has 23 heavy (non-hydrogen) atoms. The lowest BCUT2D eigenvalue weighted by Crippen LogP contribution is -2.52. The molecule has 0 amide bonds. The van der Waals surface area contributed by atoms with Gasteiger partial charge >= 0.3 is 0 Å². The first-order valence-electron chi connectivity index (χ1n) is 7.58. The third-order valence-electron chi connectivity index (χ3n) is 3.78. The van der Waals surface area contributed by atoms with Crippen molar-refractivity contribution in [3.05, 3.63) is 66.2 Å². The van der Waals surface area contributed by atoms with E-state index in [0.29, 0.717) is 6.04 Å². The standard InChI is InChI=1S/C18H22N2O.2ClH/c1-3-7-16(8-4-1)13-20-12-11-19-17(14-20)15-21-18-9-5-2-6-10-18;;/h1-10,17,19H,11-15H2;2*1H. The van der Waals surface area contributed by atoms with Crippen LogP contribution in [0.1, 0.15) is 5.56 Å². The SMILES string of the molecule is Cl.Cl.c1ccc(CN2CCNC(COc3ccccc3)C2)cc1. The molecule has 5 heteroatoms. The van der Waals surface area contributed by atoms with Crippen molar-refractivity contribution in [3.8, 4) is 5.75 Å². The fraction of sp³-hybridized carbons (Fsp3) is 0.333. The molecule has 126 valence electrons. The molecule has 3 rings (SSSR count). The van der Waals surface area contributed by atoms with E-state index >= 15 is 0 Å². The first kappa shape index (κ1) is 19.8. The molecule has 1 aliphatic heterocycles. The third kappa shape index (κ3) is 6.40. The van der Waals surface area contributed by atoms with Crippen LogP contribution in [0, 0.1) is 0 Å². The van der Waals surface area contributed by atoms with Gasteiger partial charge in [0.15, 0.2) is 0 Å². The largest absolute Gasteiger partial charge is 0.492 e. The Morgan fingerprint density at radius 1 is 0.957 bits per heavy atom. The van der Waals surface area contributed by atoms with Crippen molar-refractivity contribution in [1.82, 2.24) is 10.2 Å². The lowest BCUT2D eigenvalue weighted by atomic mass is 10.1. The van der Waals surface area contributed by atoms with Crippen molar-refractivity contribution in [2.75, 3.05) is 26.2 Å². The lowest BCUT2D eigenvalue weighted by Gasteiger charge is -2.33. The summed E-state index contributed by atoms with van der Waals surface area (Å²) < 4.78 is 5.85. The summed E-state index contributed by atoms with van der Waals surface area (Å²) in [7, 11) is 0. The maximum absolute atomic E-state index is 5.85. The van der Waals surface area contributed by atoms with Crippen LogP contribution in [-0.2, 0) is 6.54 Å². The monoisotopic (exact) mass is 354 g/mol. The van der Waals surface area contributed by atoms with Crippen LogP contribution in [-0.4, -0.2) is 37.2 Å². The van der Waals surface area contributed by atoms with Crippen molar-refractivity contribution in [2.24, 2.45) is 0 Å². The van der Waals surface area contributed by atoms with Crippen molar-refractivity contribution in [1.29, 1.82) is 0 Å². The van der Waals surface area contributed by atoms with Crippen molar-refractivity contribution < 1.29 is 4.74 Å². The second-order valence-electron chi connectivity index (χ2n) is 5.50. The van der Waals surface area contributed by atoms with Crippen molar-refractivity contribution >= 4 is 24.8 Å². The number of nitrogens with one attached hydrogen (secondary N) is 1. The minimum atomic E-state index is 0. The molecule has 1 saturated heterocycles. The van der Waals surface area contributed by atoms with Gasteiger partial charge in [-0.05, 0) is 17.7 Å². The van der Waals surface area contributed by atoms with Gasteiger partial charge in [-0.15, -0.1) is 24.8 Å². The highest BCUT2D eigenvalue weighted by Crippen LogP contribution is 2.11. The number of piperazine rings is 1.